The Bertz CT molecular complexity index is 514. The number of rotatable bonds is 3. The van der Waals surface area contributed by atoms with E-state index >= 15 is 0 Å². The monoisotopic (exact) mass is 249 g/mol. The van der Waals surface area contributed by atoms with Crippen LogP contribution in [-0.4, -0.2) is 41.3 Å². The van der Waals surface area contributed by atoms with Crippen molar-refractivity contribution in [3.05, 3.63) is 23.9 Å². The summed E-state index contributed by atoms with van der Waals surface area (Å²) in [4.78, 5) is 6.47. The van der Waals surface area contributed by atoms with Gasteiger partial charge in [0.15, 0.2) is 5.82 Å². The van der Waals surface area contributed by atoms with Gasteiger partial charge in [0.05, 0.1) is 25.3 Å². The number of aryl methyl sites for hydroxylation is 1. The molecule has 1 fully saturated rings. The topological polar surface area (TPSA) is 64.5 Å². The number of aromatic nitrogens is 2. The maximum atomic E-state index is 5.52. The van der Waals surface area contributed by atoms with Gasteiger partial charge in [-0.3, -0.25) is 4.90 Å². The van der Waals surface area contributed by atoms with Gasteiger partial charge in [-0.05, 0) is 13.0 Å². The number of ether oxygens (including phenoxy) is 1. The minimum absolute atomic E-state index is 0.504. The van der Waals surface area contributed by atoms with Crippen LogP contribution in [0.2, 0.25) is 0 Å². The molecule has 2 aromatic rings. The highest BCUT2D eigenvalue weighted by Crippen LogP contribution is 2.21. The zero-order chi connectivity index (χ0) is 12.4. The molecule has 3 heterocycles. The number of furan rings is 1. The summed E-state index contributed by atoms with van der Waals surface area (Å²) >= 11 is 0. The summed E-state index contributed by atoms with van der Waals surface area (Å²) in [5.41, 5.74) is 0.832. The first kappa shape index (κ1) is 11.4. The molecule has 0 aliphatic carbocycles. The third-order valence-corrected chi connectivity index (χ3v) is 2.91. The van der Waals surface area contributed by atoms with Gasteiger partial charge >= 0.3 is 0 Å². The minimum atomic E-state index is 0.504. The Balaban J connectivity index is 1.69. The molecular weight excluding hydrogens is 234 g/mol. The highest BCUT2D eigenvalue weighted by Gasteiger charge is 2.15. The molecule has 0 radical (unpaired) electrons. The van der Waals surface area contributed by atoms with E-state index in [1.165, 1.54) is 0 Å². The van der Waals surface area contributed by atoms with Crippen LogP contribution in [0.15, 0.2) is 21.3 Å². The Morgan fingerprint density at radius 3 is 2.89 bits per heavy atom. The van der Waals surface area contributed by atoms with Gasteiger partial charge in [0.25, 0.3) is 5.89 Å². The lowest BCUT2D eigenvalue weighted by Gasteiger charge is -2.25. The maximum absolute atomic E-state index is 5.52. The van der Waals surface area contributed by atoms with Crippen LogP contribution in [0.5, 0.6) is 0 Å². The molecule has 1 aliphatic heterocycles. The Morgan fingerprint density at radius 2 is 2.17 bits per heavy atom. The van der Waals surface area contributed by atoms with Gasteiger partial charge in [-0.25, -0.2) is 0 Å². The standard InChI is InChI=1S/C12H15N3O3/c1-9-13-12(18-14-9)10-6-11(17-8-10)7-15-2-4-16-5-3-15/h6,8H,2-5,7H2,1H3. The van der Waals surface area contributed by atoms with Crippen LogP contribution in [0, 0.1) is 6.92 Å². The fourth-order valence-electron chi connectivity index (χ4n) is 1.97. The van der Waals surface area contributed by atoms with Crippen molar-refractivity contribution >= 4 is 0 Å². The normalized spacial score (nSPS) is 17.2. The molecule has 3 rings (SSSR count). The Hall–Kier alpha value is -1.66. The molecule has 0 spiro atoms. The first-order chi connectivity index (χ1) is 8.81. The highest BCUT2D eigenvalue weighted by molar-refractivity contribution is 5.51. The van der Waals surface area contributed by atoms with Gasteiger partial charge in [0.2, 0.25) is 0 Å². The van der Waals surface area contributed by atoms with Gasteiger partial charge in [0, 0.05) is 13.1 Å². The first-order valence-corrected chi connectivity index (χ1v) is 5.99. The molecule has 6 nitrogen and oxygen atoms in total. The largest absolute Gasteiger partial charge is 0.467 e. The molecule has 0 saturated carbocycles. The zero-order valence-corrected chi connectivity index (χ0v) is 10.3. The zero-order valence-electron chi connectivity index (χ0n) is 10.3. The average Bonchev–Trinajstić information content (AvgIpc) is 2.99. The summed E-state index contributed by atoms with van der Waals surface area (Å²) in [6, 6.07) is 1.95. The summed E-state index contributed by atoms with van der Waals surface area (Å²) < 4.78 is 15.9. The summed E-state index contributed by atoms with van der Waals surface area (Å²) in [6.45, 7) is 6.04. The third kappa shape index (κ3) is 2.44. The van der Waals surface area contributed by atoms with Crippen LogP contribution in [0.1, 0.15) is 11.6 Å². The summed E-state index contributed by atoms with van der Waals surface area (Å²) in [5, 5.41) is 3.76. The fraction of sp³-hybridized carbons (Fsp3) is 0.500. The van der Waals surface area contributed by atoms with Crippen molar-refractivity contribution in [2.24, 2.45) is 0 Å². The second-order valence-corrected chi connectivity index (χ2v) is 4.34. The first-order valence-electron chi connectivity index (χ1n) is 5.99. The molecule has 1 aliphatic rings. The molecule has 18 heavy (non-hydrogen) atoms. The van der Waals surface area contributed by atoms with Crippen molar-refractivity contribution in [1.82, 2.24) is 15.0 Å². The van der Waals surface area contributed by atoms with E-state index < -0.39 is 0 Å². The number of nitrogens with zero attached hydrogens (tertiary/aromatic N) is 3. The van der Waals surface area contributed by atoms with E-state index in [2.05, 4.69) is 15.0 Å². The predicted octanol–water partition coefficient (Wildman–Crippen LogP) is 1.47. The number of morpholine rings is 1. The van der Waals surface area contributed by atoms with Crippen molar-refractivity contribution in [3.63, 3.8) is 0 Å². The number of hydrogen-bond acceptors (Lipinski definition) is 6. The molecule has 0 N–H and O–H groups in total. The SMILES string of the molecule is Cc1noc(-c2coc(CN3CCOCC3)c2)n1. The van der Waals surface area contributed by atoms with Gasteiger partial charge in [-0.1, -0.05) is 5.16 Å². The quantitative estimate of drug-likeness (QED) is 0.820. The molecule has 1 saturated heterocycles. The Labute approximate surface area is 105 Å². The summed E-state index contributed by atoms with van der Waals surface area (Å²) in [6.07, 6.45) is 1.66. The Morgan fingerprint density at radius 1 is 1.33 bits per heavy atom. The molecule has 0 aromatic carbocycles. The second kappa shape index (κ2) is 4.91. The highest BCUT2D eigenvalue weighted by atomic mass is 16.5. The molecule has 2 aromatic heterocycles. The van der Waals surface area contributed by atoms with Crippen LogP contribution in [0.3, 0.4) is 0 Å². The lowest BCUT2D eigenvalue weighted by molar-refractivity contribution is 0.0313. The molecule has 0 amide bonds. The van der Waals surface area contributed by atoms with E-state index in [0.29, 0.717) is 11.7 Å². The van der Waals surface area contributed by atoms with E-state index in [0.717, 1.165) is 44.2 Å². The van der Waals surface area contributed by atoms with Crippen molar-refractivity contribution in [3.8, 4) is 11.5 Å². The van der Waals surface area contributed by atoms with Gasteiger partial charge < -0.3 is 13.7 Å². The summed E-state index contributed by atoms with van der Waals surface area (Å²) in [5.74, 6) is 2.04. The van der Waals surface area contributed by atoms with Crippen molar-refractivity contribution in [2.45, 2.75) is 13.5 Å². The predicted molar refractivity (Wildman–Crippen MR) is 62.8 cm³/mol. The van der Waals surface area contributed by atoms with E-state index in [4.69, 9.17) is 13.7 Å². The Kier molecular flexibility index (Phi) is 3.12. The molecular formula is C12H15N3O3. The second-order valence-electron chi connectivity index (χ2n) is 4.34. The fourth-order valence-corrected chi connectivity index (χ4v) is 1.97. The van der Waals surface area contributed by atoms with Crippen LogP contribution in [-0.2, 0) is 11.3 Å². The molecule has 96 valence electrons. The number of hydrogen-bond donors (Lipinski definition) is 0. The lowest BCUT2D eigenvalue weighted by atomic mass is 10.3. The van der Waals surface area contributed by atoms with Crippen molar-refractivity contribution in [2.75, 3.05) is 26.3 Å². The van der Waals surface area contributed by atoms with E-state index in [1.54, 1.807) is 13.2 Å². The maximum Gasteiger partial charge on any atom is 0.261 e. The van der Waals surface area contributed by atoms with Gasteiger partial charge in [0.1, 0.15) is 12.0 Å². The van der Waals surface area contributed by atoms with Crippen LogP contribution in [0.4, 0.5) is 0 Å². The van der Waals surface area contributed by atoms with Crippen molar-refractivity contribution < 1.29 is 13.7 Å². The van der Waals surface area contributed by atoms with Crippen LogP contribution < -0.4 is 0 Å². The van der Waals surface area contributed by atoms with E-state index in [9.17, 15) is 0 Å². The van der Waals surface area contributed by atoms with Gasteiger partial charge in [-0.15, -0.1) is 0 Å². The molecule has 0 atom stereocenters. The smallest absolute Gasteiger partial charge is 0.261 e. The molecule has 0 bridgehead atoms. The van der Waals surface area contributed by atoms with E-state index in [-0.39, 0.29) is 0 Å². The minimum Gasteiger partial charge on any atom is -0.467 e. The third-order valence-electron chi connectivity index (χ3n) is 2.91. The molecule has 0 unspecified atom stereocenters. The summed E-state index contributed by atoms with van der Waals surface area (Å²) in [7, 11) is 0. The van der Waals surface area contributed by atoms with Crippen LogP contribution >= 0.6 is 0 Å². The molecule has 6 heteroatoms. The lowest BCUT2D eigenvalue weighted by Crippen LogP contribution is -2.35. The van der Waals surface area contributed by atoms with Gasteiger partial charge in [-0.2, -0.15) is 4.98 Å². The average molecular weight is 249 g/mol. The van der Waals surface area contributed by atoms with Crippen molar-refractivity contribution in [1.29, 1.82) is 0 Å². The van der Waals surface area contributed by atoms with Crippen LogP contribution in [0.25, 0.3) is 11.5 Å². The van der Waals surface area contributed by atoms with E-state index in [1.807, 2.05) is 6.07 Å².